The standard InChI is InChI=1S/C11H14F3N3O2/c1-10(2,9(19)16-15)6-17-7(11(12,13)14)4-3-5-8(17)18/h3-5H,6,15H2,1-2H3,(H,16,19). The van der Waals surface area contributed by atoms with Crippen molar-refractivity contribution in [2.24, 2.45) is 11.3 Å². The lowest BCUT2D eigenvalue weighted by Gasteiger charge is -2.25. The van der Waals surface area contributed by atoms with Crippen LogP contribution in [0.2, 0.25) is 0 Å². The molecule has 0 bridgehead atoms. The predicted octanol–water partition coefficient (Wildman–Crippen LogP) is 0.883. The molecule has 0 aliphatic heterocycles. The summed E-state index contributed by atoms with van der Waals surface area (Å²) >= 11 is 0. The summed E-state index contributed by atoms with van der Waals surface area (Å²) in [4.78, 5) is 23.1. The van der Waals surface area contributed by atoms with Gasteiger partial charge in [-0.25, -0.2) is 5.84 Å². The number of nitrogens with two attached hydrogens (primary N) is 1. The normalized spacial score (nSPS) is 12.3. The molecule has 0 aromatic carbocycles. The lowest BCUT2D eigenvalue weighted by atomic mass is 9.92. The Morgan fingerprint density at radius 1 is 1.37 bits per heavy atom. The van der Waals surface area contributed by atoms with Gasteiger partial charge in [0.2, 0.25) is 5.91 Å². The van der Waals surface area contributed by atoms with Gasteiger partial charge in [0.1, 0.15) is 5.69 Å². The zero-order chi connectivity index (χ0) is 14.8. The molecular weight excluding hydrogens is 263 g/mol. The maximum Gasteiger partial charge on any atom is 0.431 e. The Balaban J connectivity index is 3.29. The van der Waals surface area contributed by atoms with E-state index in [9.17, 15) is 22.8 Å². The minimum absolute atomic E-state index is 0.426. The number of carbonyl (C=O) groups excluding carboxylic acids is 1. The number of pyridine rings is 1. The van der Waals surface area contributed by atoms with Gasteiger partial charge in [0, 0.05) is 12.6 Å². The first-order valence-electron chi connectivity index (χ1n) is 5.37. The van der Waals surface area contributed by atoms with Crippen LogP contribution in [-0.2, 0) is 17.5 Å². The molecule has 0 aliphatic carbocycles. The van der Waals surface area contributed by atoms with Crippen molar-refractivity contribution in [3.05, 3.63) is 34.2 Å². The van der Waals surface area contributed by atoms with Crippen molar-refractivity contribution in [1.82, 2.24) is 9.99 Å². The smallest absolute Gasteiger partial charge is 0.303 e. The zero-order valence-corrected chi connectivity index (χ0v) is 10.4. The summed E-state index contributed by atoms with van der Waals surface area (Å²) in [6, 6.07) is 2.82. The van der Waals surface area contributed by atoms with Gasteiger partial charge in [0.25, 0.3) is 5.56 Å². The zero-order valence-electron chi connectivity index (χ0n) is 10.4. The second-order valence-electron chi connectivity index (χ2n) is 4.69. The fourth-order valence-electron chi connectivity index (χ4n) is 1.59. The van der Waals surface area contributed by atoms with Gasteiger partial charge in [-0.05, 0) is 19.9 Å². The summed E-state index contributed by atoms with van der Waals surface area (Å²) in [5.74, 6) is 4.31. The molecule has 106 valence electrons. The molecule has 1 heterocycles. The van der Waals surface area contributed by atoms with E-state index in [2.05, 4.69) is 0 Å². The number of alkyl halides is 3. The van der Waals surface area contributed by atoms with E-state index in [1.807, 2.05) is 5.43 Å². The van der Waals surface area contributed by atoms with E-state index in [0.717, 1.165) is 18.2 Å². The van der Waals surface area contributed by atoms with Crippen molar-refractivity contribution in [3.63, 3.8) is 0 Å². The number of halogens is 3. The highest BCUT2D eigenvalue weighted by Crippen LogP contribution is 2.29. The van der Waals surface area contributed by atoms with Crippen molar-refractivity contribution in [2.75, 3.05) is 0 Å². The lowest BCUT2D eigenvalue weighted by molar-refractivity contribution is -0.146. The average molecular weight is 277 g/mol. The van der Waals surface area contributed by atoms with Gasteiger partial charge in [-0.2, -0.15) is 13.2 Å². The molecule has 0 aliphatic rings. The Hall–Kier alpha value is -1.83. The summed E-state index contributed by atoms with van der Waals surface area (Å²) in [5, 5.41) is 0. The van der Waals surface area contributed by atoms with E-state index in [0.29, 0.717) is 4.57 Å². The van der Waals surface area contributed by atoms with E-state index in [4.69, 9.17) is 5.84 Å². The van der Waals surface area contributed by atoms with Crippen LogP contribution in [0.5, 0.6) is 0 Å². The minimum atomic E-state index is -4.67. The van der Waals surface area contributed by atoms with Crippen LogP contribution >= 0.6 is 0 Å². The second-order valence-corrected chi connectivity index (χ2v) is 4.69. The molecule has 0 saturated heterocycles. The third kappa shape index (κ3) is 3.34. The quantitative estimate of drug-likeness (QED) is 0.489. The van der Waals surface area contributed by atoms with Crippen LogP contribution in [0.3, 0.4) is 0 Å². The predicted molar refractivity (Wildman–Crippen MR) is 61.8 cm³/mol. The van der Waals surface area contributed by atoms with Gasteiger partial charge in [0.05, 0.1) is 5.41 Å². The molecule has 0 fully saturated rings. The van der Waals surface area contributed by atoms with Gasteiger partial charge in [-0.15, -0.1) is 0 Å². The maximum atomic E-state index is 12.8. The number of aromatic nitrogens is 1. The average Bonchev–Trinajstić information content (AvgIpc) is 2.29. The van der Waals surface area contributed by atoms with Crippen LogP contribution in [0.15, 0.2) is 23.0 Å². The SMILES string of the molecule is CC(C)(Cn1c(C(F)(F)F)cccc1=O)C(=O)NN. The van der Waals surface area contributed by atoms with E-state index >= 15 is 0 Å². The summed E-state index contributed by atoms with van der Waals surface area (Å²) in [6.45, 7) is 2.37. The Kier molecular flexibility index (Phi) is 4.04. The van der Waals surface area contributed by atoms with Crippen molar-refractivity contribution in [1.29, 1.82) is 0 Å². The van der Waals surface area contributed by atoms with Crippen molar-refractivity contribution in [2.45, 2.75) is 26.6 Å². The van der Waals surface area contributed by atoms with Crippen molar-refractivity contribution < 1.29 is 18.0 Å². The van der Waals surface area contributed by atoms with Gasteiger partial charge in [-0.1, -0.05) is 6.07 Å². The molecule has 1 aromatic rings. The molecule has 1 aromatic heterocycles. The number of hydrogen-bond donors (Lipinski definition) is 2. The summed E-state index contributed by atoms with van der Waals surface area (Å²) in [5.41, 5.74) is -1.31. The largest absolute Gasteiger partial charge is 0.431 e. The lowest BCUT2D eigenvalue weighted by Crippen LogP contribution is -2.45. The summed E-state index contributed by atoms with van der Waals surface area (Å²) in [6.07, 6.45) is -4.67. The van der Waals surface area contributed by atoms with E-state index in [1.54, 1.807) is 0 Å². The third-order valence-electron chi connectivity index (χ3n) is 2.64. The molecule has 1 amide bonds. The summed E-state index contributed by atoms with van der Waals surface area (Å²) in [7, 11) is 0. The highest BCUT2D eigenvalue weighted by molar-refractivity contribution is 5.81. The van der Waals surface area contributed by atoms with E-state index < -0.39 is 35.3 Å². The topological polar surface area (TPSA) is 77.1 Å². The minimum Gasteiger partial charge on any atom is -0.303 e. The molecule has 0 unspecified atom stereocenters. The second kappa shape index (κ2) is 5.04. The monoisotopic (exact) mass is 277 g/mol. The van der Waals surface area contributed by atoms with Crippen molar-refractivity contribution >= 4 is 5.91 Å². The van der Waals surface area contributed by atoms with Crippen LogP contribution in [-0.4, -0.2) is 10.5 Å². The molecule has 19 heavy (non-hydrogen) atoms. The van der Waals surface area contributed by atoms with Gasteiger partial charge < -0.3 is 4.57 Å². The molecule has 8 heteroatoms. The van der Waals surface area contributed by atoms with Gasteiger partial charge in [-0.3, -0.25) is 15.0 Å². The third-order valence-corrected chi connectivity index (χ3v) is 2.64. The summed E-state index contributed by atoms with van der Waals surface area (Å²) < 4.78 is 38.9. The van der Waals surface area contributed by atoms with Gasteiger partial charge >= 0.3 is 6.18 Å². The number of nitrogens with zero attached hydrogens (tertiary/aromatic N) is 1. The maximum absolute atomic E-state index is 12.8. The highest BCUT2D eigenvalue weighted by Gasteiger charge is 2.37. The van der Waals surface area contributed by atoms with E-state index in [-0.39, 0.29) is 0 Å². The molecule has 1 rings (SSSR count). The van der Waals surface area contributed by atoms with Crippen LogP contribution in [0.1, 0.15) is 19.5 Å². The Morgan fingerprint density at radius 3 is 2.42 bits per heavy atom. The molecule has 0 atom stereocenters. The van der Waals surface area contributed by atoms with Gasteiger partial charge in [0.15, 0.2) is 0 Å². The first kappa shape index (κ1) is 15.2. The fraction of sp³-hybridized carbons (Fsp3) is 0.455. The first-order chi connectivity index (χ1) is 8.59. The molecule has 0 saturated carbocycles. The number of hydrazine groups is 1. The Morgan fingerprint density at radius 2 is 1.95 bits per heavy atom. The Bertz CT molecular complexity index is 535. The fourth-order valence-corrected chi connectivity index (χ4v) is 1.59. The van der Waals surface area contributed by atoms with Crippen LogP contribution in [0.25, 0.3) is 0 Å². The van der Waals surface area contributed by atoms with E-state index in [1.165, 1.54) is 13.8 Å². The number of carbonyl (C=O) groups is 1. The molecule has 0 spiro atoms. The number of nitrogens with one attached hydrogen (secondary N) is 1. The number of rotatable bonds is 3. The number of amides is 1. The molecule has 5 nitrogen and oxygen atoms in total. The number of hydrogen-bond acceptors (Lipinski definition) is 3. The van der Waals surface area contributed by atoms with Crippen LogP contribution in [0.4, 0.5) is 13.2 Å². The first-order valence-corrected chi connectivity index (χ1v) is 5.37. The molecular formula is C11H14F3N3O2. The van der Waals surface area contributed by atoms with Crippen molar-refractivity contribution in [3.8, 4) is 0 Å². The highest BCUT2D eigenvalue weighted by atomic mass is 19.4. The van der Waals surface area contributed by atoms with Crippen LogP contribution < -0.4 is 16.8 Å². The Labute approximate surface area is 107 Å². The molecule has 3 N–H and O–H groups in total. The molecule has 0 radical (unpaired) electrons. The van der Waals surface area contributed by atoms with Crippen LogP contribution in [0, 0.1) is 5.41 Å².